The molecular formula is C18H22N2O4. The molecule has 3 aliphatic heterocycles. The van der Waals surface area contributed by atoms with E-state index < -0.39 is 0 Å². The van der Waals surface area contributed by atoms with Gasteiger partial charge in [-0.3, -0.25) is 4.90 Å². The van der Waals surface area contributed by atoms with Crippen LogP contribution in [-0.2, 0) is 4.74 Å². The molecule has 3 heterocycles. The molecule has 2 fully saturated rings. The lowest BCUT2D eigenvalue weighted by Crippen LogP contribution is -2.51. The van der Waals surface area contributed by atoms with Crippen molar-refractivity contribution in [1.29, 1.82) is 0 Å². The number of alkyl carbamates (subject to hydrolysis) is 1. The van der Waals surface area contributed by atoms with Crippen molar-refractivity contribution in [1.82, 2.24) is 10.2 Å². The third-order valence-electron chi connectivity index (χ3n) is 4.90. The van der Waals surface area contributed by atoms with E-state index in [9.17, 15) is 4.79 Å². The fourth-order valence-corrected chi connectivity index (χ4v) is 3.76. The van der Waals surface area contributed by atoms with E-state index in [1.165, 1.54) is 5.57 Å². The van der Waals surface area contributed by atoms with Crippen molar-refractivity contribution in [3.8, 4) is 11.5 Å². The number of piperidine rings is 1. The number of nitrogens with zero attached hydrogens (tertiary/aromatic N) is 1. The van der Waals surface area contributed by atoms with Crippen LogP contribution in [0.25, 0.3) is 6.08 Å². The molecule has 128 valence electrons. The average molecular weight is 330 g/mol. The Kier molecular flexibility index (Phi) is 3.84. The largest absolute Gasteiger partial charge is 0.497 e. The van der Waals surface area contributed by atoms with E-state index >= 15 is 0 Å². The first-order chi connectivity index (χ1) is 11.7. The van der Waals surface area contributed by atoms with Gasteiger partial charge in [0.05, 0.1) is 13.7 Å². The lowest BCUT2D eigenvalue weighted by Gasteiger charge is -2.38. The van der Waals surface area contributed by atoms with Crippen LogP contribution in [0.4, 0.5) is 4.79 Å². The maximum absolute atomic E-state index is 11.4. The van der Waals surface area contributed by atoms with Gasteiger partial charge >= 0.3 is 6.09 Å². The molecule has 2 saturated heterocycles. The number of amides is 1. The molecule has 6 heteroatoms. The summed E-state index contributed by atoms with van der Waals surface area (Å²) in [5.74, 6) is 1.72. The van der Waals surface area contributed by atoms with Crippen molar-refractivity contribution in [2.75, 3.05) is 39.9 Å². The van der Waals surface area contributed by atoms with Crippen LogP contribution >= 0.6 is 0 Å². The quantitative estimate of drug-likeness (QED) is 0.919. The predicted octanol–water partition coefficient (Wildman–Crippen LogP) is 2.05. The number of carbonyl (C=O) groups excluding carboxylic acids is 1. The molecule has 0 aromatic heterocycles. The number of benzene rings is 1. The summed E-state index contributed by atoms with van der Waals surface area (Å²) in [6.45, 7) is 3.82. The highest BCUT2D eigenvalue weighted by molar-refractivity contribution is 5.70. The fraction of sp³-hybridized carbons (Fsp3) is 0.500. The zero-order valence-corrected chi connectivity index (χ0v) is 13.8. The van der Waals surface area contributed by atoms with E-state index in [4.69, 9.17) is 14.2 Å². The zero-order chi connectivity index (χ0) is 16.6. The van der Waals surface area contributed by atoms with E-state index in [1.54, 1.807) is 7.11 Å². The molecule has 0 saturated carbocycles. The number of ether oxygens (including phenoxy) is 3. The number of rotatable bonds is 3. The fourth-order valence-electron chi connectivity index (χ4n) is 3.76. The minimum absolute atomic E-state index is 0.293. The van der Waals surface area contributed by atoms with Crippen molar-refractivity contribution in [2.24, 2.45) is 0 Å². The Morgan fingerprint density at radius 2 is 2.33 bits per heavy atom. The molecular weight excluding hydrogens is 308 g/mol. The second kappa shape index (κ2) is 6.02. The third kappa shape index (κ3) is 2.94. The van der Waals surface area contributed by atoms with Crippen LogP contribution in [-0.4, -0.2) is 56.5 Å². The van der Waals surface area contributed by atoms with Gasteiger partial charge in [0.1, 0.15) is 23.7 Å². The first-order valence-electron chi connectivity index (χ1n) is 8.35. The Bertz CT molecular complexity index is 688. The van der Waals surface area contributed by atoms with Gasteiger partial charge in [-0.2, -0.15) is 0 Å². The number of fused-ring (bicyclic) bond motifs is 1. The normalized spacial score (nSPS) is 26.2. The van der Waals surface area contributed by atoms with E-state index in [2.05, 4.69) is 16.3 Å². The highest BCUT2D eigenvalue weighted by Gasteiger charge is 2.43. The highest BCUT2D eigenvalue weighted by Crippen LogP contribution is 2.32. The predicted molar refractivity (Wildman–Crippen MR) is 89.4 cm³/mol. The van der Waals surface area contributed by atoms with Crippen LogP contribution in [0.15, 0.2) is 23.8 Å². The lowest BCUT2D eigenvalue weighted by atomic mass is 9.92. The molecule has 0 bridgehead atoms. The molecule has 0 radical (unpaired) electrons. The van der Waals surface area contributed by atoms with Crippen molar-refractivity contribution >= 4 is 12.2 Å². The molecule has 1 unspecified atom stereocenters. The van der Waals surface area contributed by atoms with Gasteiger partial charge in [0, 0.05) is 18.7 Å². The van der Waals surface area contributed by atoms with Crippen molar-refractivity contribution in [2.45, 2.75) is 18.4 Å². The number of hydrogen-bond donors (Lipinski definition) is 1. The van der Waals surface area contributed by atoms with E-state index in [-0.39, 0.29) is 11.7 Å². The molecule has 1 amide bonds. The Morgan fingerprint density at radius 1 is 1.42 bits per heavy atom. The minimum atomic E-state index is -0.355. The Balaban J connectivity index is 1.47. The molecule has 4 rings (SSSR count). The Morgan fingerprint density at radius 3 is 3.12 bits per heavy atom. The first-order valence-corrected chi connectivity index (χ1v) is 8.35. The molecule has 1 N–H and O–H groups in total. The van der Waals surface area contributed by atoms with Gasteiger partial charge < -0.3 is 19.5 Å². The summed E-state index contributed by atoms with van der Waals surface area (Å²) in [6, 6.07) is 5.85. The van der Waals surface area contributed by atoms with E-state index in [0.717, 1.165) is 49.5 Å². The highest BCUT2D eigenvalue weighted by atomic mass is 16.6. The van der Waals surface area contributed by atoms with Gasteiger partial charge in [-0.15, -0.1) is 0 Å². The zero-order valence-electron chi connectivity index (χ0n) is 13.8. The first kappa shape index (κ1) is 15.3. The summed E-state index contributed by atoms with van der Waals surface area (Å²) in [6.07, 6.45) is 3.85. The van der Waals surface area contributed by atoms with Crippen LogP contribution in [0.5, 0.6) is 11.5 Å². The summed E-state index contributed by atoms with van der Waals surface area (Å²) < 4.78 is 16.7. The SMILES string of the molecule is COc1ccc2c(c1)C=C(CN1CCCC3(CNC(=O)O3)C1)CO2. The van der Waals surface area contributed by atoms with Gasteiger partial charge in [0.15, 0.2) is 0 Å². The van der Waals surface area contributed by atoms with Gasteiger partial charge in [-0.1, -0.05) is 0 Å². The standard InChI is InChI=1S/C18H22N2O4/c1-22-15-3-4-16-14(8-15)7-13(10-23-16)9-20-6-2-5-18(12-20)11-19-17(21)24-18/h3-4,7-8H,2,5-6,9-12H2,1H3,(H,19,21). The van der Waals surface area contributed by atoms with Crippen molar-refractivity contribution in [3.63, 3.8) is 0 Å². The molecule has 1 atom stereocenters. The van der Waals surface area contributed by atoms with Gasteiger partial charge in [0.2, 0.25) is 0 Å². The molecule has 24 heavy (non-hydrogen) atoms. The molecule has 1 aromatic carbocycles. The summed E-state index contributed by atoms with van der Waals surface area (Å²) in [5, 5.41) is 2.79. The van der Waals surface area contributed by atoms with Gasteiger partial charge in [-0.25, -0.2) is 4.79 Å². The maximum Gasteiger partial charge on any atom is 0.407 e. The Labute approximate surface area is 141 Å². The van der Waals surface area contributed by atoms with E-state index in [1.807, 2.05) is 18.2 Å². The van der Waals surface area contributed by atoms with Crippen LogP contribution in [0.2, 0.25) is 0 Å². The van der Waals surface area contributed by atoms with Crippen molar-refractivity contribution in [3.05, 3.63) is 29.3 Å². The number of hydrogen-bond acceptors (Lipinski definition) is 5. The summed E-state index contributed by atoms with van der Waals surface area (Å²) in [7, 11) is 1.67. The van der Waals surface area contributed by atoms with E-state index in [0.29, 0.717) is 13.2 Å². The molecule has 3 aliphatic rings. The lowest BCUT2D eigenvalue weighted by molar-refractivity contribution is -0.00610. The molecule has 1 spiro atoms. The van der Waals surface area contributed by atoms with Crippen LogP contribution in [0.1, 0.15) is 18.4 Å². The molecule has 1 aromatic rings. The average Bonchev–Trinajstić information content (AvgIpc) is 2.94. The monoisotopic (exact) mass is 330 g/mol. The van der Waals surface area contributed by atoms with Gasteiger partial charge in [0.25, 0.3) is 0 Å². The number of nitrogens with one attached hydrogen (secondary N) is 1. The second-order valence-corrected chi connectivity index (χ2v) is 6.74. The van der Waals surface area contributed by atoms with Crippen LogP contribution in [0, 0.1) is 0 Å². The van der Waals surface area contributed by atoms with Crippen LogP contribution in [0.3, 0.4) is 0 Å². The number of carbonyl (C=O) groups is 1. The smallest absolute Gasteiger partial charge is 0.407 e. The number of methoxy groups -OCH3 is 1. The minimum Gasteiger partial charge on any atom is -0.497 e. The third-order valence-corrected chi connectivity index (χ3v) is 4.90. The molecule has 6 nitrogen and oxygen atoms in total. The maximum atomic E-state index is 11.4. The van der Waals surface area contributed by atoms with Gasteiger partial charge in [-0.05, 0) is 49.2 Å². The van der Waals surface area contributed by atoms with Crippen LogP contribution < -0.4 is 14.8 Å². The molecule has 0 aliphatic carbocycles. The summed E-state index contributed by atoms with van der Waals surface area (Å²) >= 11 is 0. The Hall–Kier alpha value is -2.21. The summed E-state index contributed by atoms with van der Waals surface area (Å²) in [4.78, 5) is 13.8. The second-order valence-electron chi connectivity index (χ2n) is 6.74. The number of likely N-dealkylation sites (tertiary alicyclic amines) is 1. The summed E-state index contributed by atoms with van der Waals surface area (Å²) in [5.41, 5.74) is 1.92. The van der Waals surface area contributed by atoms with Crippen molar-refractivity contribution < 1.29 is 19.0 Å². The topological polar surface area (TPSA) is 60.0 Å².